The van der Waals surface area contributed by atoms with Crippen molar-refractivity contribution >= 4 is 68.2 Å². The Bertz CT molecular complexity index is 3050. The van der Waals surface area contributed by atoms with Crippen molar-refractivity contribution in [2.24, 2.45) is 14.1 Å². The van der Waals surface area contributed by atoms with Crippen LogP contribution in [-0.4, -0.2) is 29.1 Å². The van der Waals surface area contributed by atoms with Gasteiger partial charge in [0, 0.05) is 83.2 Å². The van der Waals surface area contributed by atoms with Crippen LogP contribution in [0, 0.1) is 0 Å². The number of aryl methyl sites for hydroxylation is 2. The number of hydrogen-bond donors (Lipinski definition) is 0. The van der Waals surface area contributed by atoms with Crippen molar-refractivity contribution in [1.82, 2.24) is 39.0 Å². The molecule has 2 aliphatic rings. The van der Waals surface area contributed by atoms with E-state index in [1.807, 2.05) is 49.1 Å². The average molecular weight is 786 g/mol. The van der Waals surface area contributed by atoms with E-state index in [1.165, 1.54) is 0 Å². The number of pyridine rings is 2. The molecule has 2 aromatic carbocycles. The number of benzene rings is 2. The normalized spacial score (nSPS) is 12.1. The third-order valence-electron chi connectivity index (χ3n) is 11.0. The Hall–Kier alpha value is -6.96. The van der Waals surface area contributed by atoms with Gasteiger partial charge in [-0.1, -0.05) is 60.7 Å². The van der Waals surface area contributed by atoms with Crippen molar-refractivity contribution < 1.29 is 19.5 Å². The van der Waals surface area contributed by atoms with E-state index >= 15 is 0 Å². The summed E-state index contributed by atoms with van der Waals surface area (Å²) < 4.78 is 4.46. The van der Waals surface area contributed by atoms with Crippen molar-refractivity contribution in [2.75, 3.05) is 0 Å². The van der Waals surface area contributed by atoms with Crippen LogP contribution in [0.15, 0.2) is 134 Å². The third kappa shape index (κ3) is 5.61. The molecule has 0 N–H and O–H groups in total. The molecule has 9 heterocycles. The Labute approximate surface area is 340 Å². The number of aromatic nitrogens is 8. The standard InChI is InChI=1S/C48H32N8.Zn/c1-55-41-9-5-3-7-31(41)27-43(55)47-37-15-11-33(51-37)45(29-19-23-49-24-20-29)35-13-17-39(53-35)48(44-28-32-8-4-6-10-42(32)56(44)2)40-18-14-36(54-40)46(30-21-25-50-26-22-30)34-12-16-38(47)52-34;/h3-28H,1-2H3;/q-2;+2. The summed E-state index contributed by atoms with van der Waals surface area (Å²) in [6.07, 6.45) is 15.7. The third-order valence-corrected chi connectivity index (χ3v) is 11.0. The van der Waals surface area contributed by atoms with E-state index in [0.717, 1.165) is 111 Å². The van der Waals surface area contributed by atoms with Crippen molar-refractivity contribution in [3.05, 3.63) is 157 Å². The molecule has 0 radical (unpaired) electrons. The van der Waals surface area contributed by atoms with Gasteiger partial charge in [-0.25, -0.2) is 9.97 Å². The minimum Gasteiger partial charge on any atom is -0.657 e. The summed E-state index contributed by atoms with van der Waals surface area (Å²) in [4.78, 5) is 30.3. The second-order valence-electron chi connectivity index (χ2n) is 14.1. The molecule has 0 saturated carbocycles. The molecule has 2 aliphatic heterocycles. The maximum Gasteiger partial charge on any atom is 2.00 e. The summed E-state index contributed by atoms with van der Waals surface area (Å²) in [5.74, 6) is 0. The molecule has 0 aliphatic carbocycles. The van der Waals surface area contributed by atoms with E-state index in [-0.39, 0.29) is 19.5 Å². The molecule has 0 amide bonds. The van der Waals surface area contributed by atoms with Crippen LogP contribution in [0.3, 0.4) is 0 Å². The van der Waals surface area contributed by atoms with Gasteiger partial charge in [-0.15, -0.1) is 22.1 Å². The maximum absolute atomic E-state index is 5.42. The van der Waals surface area contributed by atoms with Crippen LogP contribution in [0.1, 0.15) is 22.8 Å². The van der Waals surface area contributed by atoms with Gasteiger partial charge in [-0.2, -0.15) is 0 Å². The molecule has 266 valence electrons. The Kier molecular flexibility index (Phi) is 8.27. The predicted molar refractivity (Wildman–Crippen MR) is 227 cm³/mol. The maximum atomic E-state index is 5.42. The van der Waals surface area contributed by atoms with Crippen LogP contribution in [0.2, 0.25) is 0 Å². The van der Waals surface area contributed by atoms with E-state index in [4.69, 9.17) is 19.9 Å². The fourth-order valence-corrected chi connectivity index (χ4v) is 8.30. The largest absolute Gasteiger partial charge is 2.00 e. The molecule has 57 heavy (non-hydrogen) atoms. The zero-order valence-electron chi connectivity index (χ0n) is 31.3. The summed E-state index contributed by atoms with van der Waals surface area (Å²) in [6, 6.07) is 37.8. The van der Waals surface area contributed by atoms with E-state index < -0.39 is 0 Å². The van der Waals surface area contributed by atoms with Gasteiger partial charge in [0.1, 0.15) is 0 Å². The van der Waals surface area contributed by atoms with Crippen LogP contribution >= 0.6 is 0 Å². The Morgan fingerprint density at radius 1 is 0.421 bits per heavy atom. The van der Waals surface area contributed by atoms with Gasteiger partial charge < -0.3 is 19.1 Å². The van der Waals surface area contributed by atoms with Crippen LogP contribution in [0.5, 0.6) is 0 Å². The molecule has 9 heteroatoms. The summed E-state index contributed by atoms with van der Waals surface area (Å²) in [7, 11) is 4.21. The van der Waals surface area contributed by atoms with Crippen LogP contribution in [0.25, 0.3) is 113 Å². The van der Waals surface area contributed by atoms with Crippen molar-refractivity contribution in [2.45, 2.75) is 0 Å². The molecule has 0 fully saturated rings. The van der Waals surface area contributed by atoms with E-state index in [9.17, 15) is 0 Å². The van der Waals surface area contributed by atoms with Gasteiger partial charge in [-0.05, 0) is 95.1 Å². The van der Waals surface area contributed by atoms with E-state index in [1.54, 1.807) is 0 Å². The van der Waals surface area contributed by atoms with Gasteiger partial charge in [0.15, 0.2) is 0 Å². The van der Waals surface area contributed by atoms with E-state index in [0.29, 0.717) is 0 Å². The van der Waals surface area contributed by atoms with Crippen molar-refractivity contribution in [1.29, 1.82) is 0 Å². The second-order valence-corrected chi connectivity index (χ2v) is 14.1. The molecule has 8 bridgehead atoms. The van der Waals surface area contributed by atoms with Crippen molar-refractivity contribution in [3.8, 4) is 44.8 Å². The van der Waals surface area contributed by atoms with Gasteiger partial charge in [-0.3, -0.25) is 9.97 Å². The smallest absolute Gasteiger partial charge is 0.657 e. The first-order valence-electron chi connectivity index (χ1n) is 18.6. The molecule has 0 saturated heterocycles. The number of fused-ring (bicyclic) bond motifs is 10. The van der Waals surface area contributed by atoms with Crippen LogP contribution in [0.4, 0.5) is 0 Å². The summed E-state index contributed by atoms with van der Waals surface area (Å²) in [6.45, 7) is 0. The summed E-state index contributed by atoms with van der Waals surface area (Å²) in [5, 5.41) is 2.30. The zero-order chi connectivity index (χ0) is 37.3. The van der Waals surface area contributed by atoms with Gasteiger partial charge in [0.2, 0.25) is 0 Å². The first kappa shape index (κ1) is 34.5. The topological polar surface area (TPSA) is 89.6 Å². The minimum atomic E-state index is 0. The first-order valence-corrected chi connectivity index (χ1v) is 18.6. The summed E-state index contributed by atoms with van der Waals surface area (Å²) in [5.41, 5.74) is 16.5. The molecular formula is C48H32N8Zn. The molecule has 7 aromatic heterocycles. The Morgan fingerprint density at radius 2 is 0.772 bits per heavy atom. The predicted octanol–water partition coefficient (Wildman–Crippen LogP) is 10.4. The zero-order valence-corrected chi connectivity index (χ0v) is 34.3. The molecule has 9 aromatic rings. The fourth-order valence-electron chi connectivity index (χ4n) is 8.30. The SMILES string of the molecule is Cn1c(-c2c3nc(c(-c4ccncc4)c4ccc([n-]4)c(-c4cc5ccccc5n4C)c4nc(c(-c5ccncc5)c5ccc2[n-]5)C=C4)C=C3)cc2ccccc21.[Zn+2]. The quantitative estimate of drug-likeness (QED) is 0.165. The Morgan fingerprint density at radius 3 is 1.16 bits per heavy atom. The van der Waals surface area contributed by atoms with Gasteiger partial charge in [0.05, 0.1) is 22.8 Å². The number of nitrogens with zero attached hydrogens (tertiary/aromatic N) is 8. The molecule has 0 spiro atoms. The fraction of sp³-hybridized carbons (Fsp3) is 0.0417. The number of para-hydroxylation sites is 2. The number of rotatable bonds is 4. The van der Waals surface area contributed by atoms with Crippen LogP contribution in [-0.2, 0) is 33.6 Å². The molecular weight excluding hydrogens is 754 g/mol. The van der Waals surface area contributed by atoms with Crippen molar-refractivity contribution in [3.63, 3.8) is 0 Å². The molecule has 0 unspecified atom stereocenters. The molecule has 0 atom stereocenters. The molecule has 8 nitrogen and oxygen atoms in total. The molecule has 11 rings (SSSR count). The Balaban J connectivity index is 0.00000396. The number of hydrogen-bond acceptors (Lipinski definition) is 4. The first-order chi connectivity index (χ1) is 27.6. The van der Waals surface area contributed by atoms with Crippen LogP contribution < -0.4 is 9.97 Å². The average Bonchev–Trinajstić information content (AvgIpc) is 4.11. The van der Waals surface area contributed by atoms with Gasteiger partial charge >= 0.3 is 19.5 Å². The minimum absolute atomic E-state index is 0. The summed E-state index contributed by atoms with van der Waals surface area (Å²) >= 11 is 0. The monoisotopic (exact) mass is 784 g/mol. The van der Waals surface area contributed by atoms with Gasteiger partial charge in [0.25, 0.3) is 0 Å². The second kappa shape index (κ2) is 13.7. The van der Waals surface area contributed by atoms with E-state index in [2.05, 4.69) is 142 Å².